The Morgan fingerprint density at radius 2 is 2.00 bits per heavy atom. The number of hydrogen-bond donors (Lipinski definition) is 1. The highest BCUT2D eigenvalue weighted by Gasteiger charge is 2.41. The van der Waals surface area contributed by atoms with Crippen LogP contribution in [0.3, 0.4) is 0 Å². The summed E-state index contributed by atoms with van der Waals surface area (Å²) in [5, 5.41) is 12.5. The van der Waals surface area contributed by atoms with Crippen molar-refractivity contribution in [3.8, 4) is 0 Å². The molecule has 0 spiro atoms. The first-order valence-corrected chi connectivity index (χ1v) is 8.87. The second-order valence-corrected chi connectivity index (χ2v) is 6.90. The fourth-order valence-electron chi connectivity index (χ4n) is 2.68. The van der Waals surface area contributed by atoms with E-state index in [1.54, 1.807) is 0 Å². The van der Waals surface area contributed by atoms with Gasteiger partial charge in [0.2, 0.25) is 5.69 Å². The lowest BCUT2D eigenvalue weighted by atomic mass is 9.94. The number of benzene rings is 1. The number of carbonyl (C=O) groups is 2. The van der Waals surface area contributed by atoms with Crippen LogP contribution < -0.4 is 0 Å². The number of hydrogen-bond acceptors (Lipinski definition) is 6. The molecule has 1 N–H and O–H groups in total. The van der Waals surface area contributed by atoms with Gasteiger partial charge in [0.15, 0.2) is 11.5 Å². The van der Waals surface area contributed by atoms with Crippen LogP contribution >= 0.6 is 0 Å². The Kier molecular flexibility index (Phi) is 4.91. The number of aromatic nitrogens is 1. The maximum Gasteiger partial charge on any atom is 0.417 e. The Labute approximate surface area is 152 Å². The zero-order chi connectivity index (χ0) is 19.9. The number of aromatic carboxylic acids is 1. The standard InChI is InChI=1S/C16H12F3NO6S/c17-16(18,19)10-5-7(6-27(24)25)1-4-9(10)13(21)11-12(15(22)23)20-26-14(11)8-2-3-8/h1,4-5,8H,2-3,6H2,(H,22,23)(H,24,25)/p-1. The predicted octanol–water partition coefficient (Wildman–Crippen LogP) is 2.88. The van der Waals surface area contributed by atoms with E-state index >= 15 is 0 Å². The molecule has 0 saturated heterocycles. The van der Waals surface area contributed by atoms with Crippen molar-refractivity contribution in [2.24, 2.45) is 0 Å². The lowest BCUT2D eigenvalue weighted by Crippen LogP contribution is -2.17. The minimum atomic E-state index is -4.95. The summed E-state index contributed by atoms with van der Waals surface area (Å²) in [7, 11) is 0. The van der Waals surface area contributed by atoms with E-state index < -0.39 is 57.1 Å². The summed E-state index contributed by atoms with van der Waals surface area (Å²) in [6, 6.07) is 2.47. The number of carboxylic acids is 1. The third kappa shape index (κ3) is 3.93. The highest BCUT2D eigenvalue weighted by Crippen LogP contribution is 2.43. The molecule has 2 aromatic rings. The van der Waals surface area contributed by atoms with Crippen molar-refractivity contribution in [2.45, 2.75) is 30.7 Å². The second-order valence-electron chi connectivity index (χ2n) is 6.00. The molecular weight excluding hydrogens is 391 g/mol. The number of rotatable bonds is 6. The molecule has 1 heterocycles. The molecule has 7 nitrogen and oxygen atoms in total. The Hall–Kier alpha value is -2.53. The summed E-state index contributed by atoms with van der Waals surface area (Å²) in [6.07, 6.45) is -3.74. The van der Waals surface area contributed by atoms with Gasteiger partial charge in [-0.15, -0.1) is 0 Å². The first-order chi connectivity index (χ1) is 12.6. The maximum absolute atomic E-state index is 13.4. The van der Waals surface area contributed by atoms with Gasteiger partial charge in [-0.05, 0) is 24.5 Å². The zero-order valence-corrected chi connectivity index (χ0v) is 14.2. The molecule has 144 valence electrons. The molecule has 1 aromatic heterocycles. The van der Waals surface area contributed by atoms with Gasteiger partial charge in [0, 0.05) is 17.2 Å². The largest absolute Gasteiger partial charge is 0.772 e. The summed E-state index contributed by atoms with van der Waals surface area (Å²) in [4.78, 5) is 24.1. The highest BCUT2D eigenvalue weighted by molar-refractivity contribution is 7.78. The highest BCUT2D eigenvalue weighted by atomic mass is 32.2. The Morgan fingerprint density at radius 1 is 1.33 bits per heavy atom. The maximum atomic E-state index is 13.4. The number of halogens is 3. The SMILES string of the molecule is O=C(O)c1noc(C2CC2)c1C(=O)c1ccc(CS(=O)[O-])cc1C(F)(F)F. The number of ketones is 1. The number of nitrogens with zero attached hydrogens (tertiary/aromatic N) is 1. The average molecular weight is 402 g/mol. The molecule has 0 aliphatic heterocycles. The molecule has 1 fully saturated rings. The van der Waals surface area contributed by atoms with Gasteiger partial charge in [0.1, 0.15) is 5.56 Å². The minimum absolute atomic E-state index is 0.0461. The van der Waals surface area contributed by atoms with Gasteiger partial charge in [-0.2, -0.15) is 13.2 Å². The summed E-state index contributed by atoms with van der Waals surface area (Å²) in [5.41, 5.74) is -3.56. The van der Waals surface area contributed by atoms with Gasteiger partial charge < -0.3 is 14.2 Å². The fourth-order valence-corrected chi connectivity index (χ4v) is 3.13. The van der Waals surface area contributed by atoms with Crippen molar-refractivity contribution in [1.29, 1.82) is 0 Å². The van der Waals surface area contributed by atoms with Gasteiger partial charge in [-0.1, -0.05) is 28.4 Å². The van der Waals surface area contributed by atoms with Crippen LogP contribution in [0, 0.1) is 0 Å². The lowest BCUT2D eigenvalue weighted by Gasteiger charge is -2.14. The summed E-state index contributed by atoms with van der Waals surface area (Å²) < 4.78 is 66.7. The van der Waals surface area contributed by atoms with Crippen molar-refractivity contribution in [3.05, 3.63) is 51.9 Å². The molecule has 1 atom stereocenters. The second kappa shape index (κ2) is 6.89. The van der Waals surface area contributed by atoms with E-state index in [0.717, 1.165) is 12.1 Å². The molecular formula is C16H11F3NO6S-. The Bertz CT molecular complexity index is 948. The summed E-state index contributed by atoms with van der Waals surface area (Å²) >= 11 is -2.61. The van der Waals surface area contributed by atoms with Gasteiger partial charge in [0.05, 0.1) is 5.56 Å². The van der Waals surface area contributed by atoms with E-state index in [0.29, 0.717) is 18.9 Å². The monoisotopic (exact) mass is 402 g/mol. The van der Waals surface area contributed by atoms with Crippen LogP contribution in [-0.4, -0.2) is 30.8 Å². The van der Waals surface area contributed by atoms with Crippen LogP contribution in [0.4, 0.5) is 13.2 Å². The van der Waals surface area contributed by atoms with Crippen molar-refractivity contribution < 1.29 is 41.2 Å². The molecule has 1 aliphatic rings. The third-order valence-corrected chi connectivity index (χ3v) is 4.58. The van der Waals surface area contributed by atoms with E-state index in [1.165, 1.54) is 0 Å². The Balaban J connectivity index is 2.14. The molecule has 11 heteroatoms. The zero-order valence-electron chi connectivity index (χ0n) is 13.4. The molecule has 3 rings (SSSR count). The van der Waals surface area contributed by atoms with Gasteiger partial charge in [0.25, 0.3) is 0 Å². The fraction of sp³-hybridized carbons (Fsp3) is 0.312. The number of carboxylic acid groups (broad SMARTS) is 1. The van der Waals surface area contributed by atoms with Crippen LogP contribution in [-0.2, 0) is 23.0 Å². The van der Waals surface area contributed by atoms with E-state index in [2.05, 4.69) is 5.16 Å². The average Bonchev–Trinajstić information content (AvgIpc) is 3.30. The normalized spacial score (nSPS) is 15.6. The van der Waals surface area contributed by atoms with Crippen molar-refractivity contribution in [3.63, 3.8) is 0 Å². The molecule has 0 radical (unpaired) electrons. The van der Waals surface area contributed by atoms with Crippen LogP contribution in [0.5, 0.6) is 0 Å². The minimum Gasteiger partial charge on any atom is -0.772 e. The van der Waals surface area contributed by atoms with Gasteiger partial charge >= 0.3 is 12.1 Å². The summed E-state index contributed by atoms with van der Waals surface area (Å²) in [5.74, 6) is -3.74. The van der Waals surface area contributed by atoms with Crippen LogP contribution in [0.15, 0.2) is 22.7 Å². The molecule has 0 bridgehead atoms. The molecule has 1 unspecified atom stereocenters. The lowest BCUT2D eigenvalue weighted by molar-refractivity contribution is -0.137. The number of carbonyl (C=O) groups excluding carboxylic acids is 1. The van der Waals surface area contributed by atoms with Gasteiger partial charge in [-0.3, -0.25) is 9.00 Å². The van der Waals surface area contributed by atoms with Crippen LogP contribution in [0.1, 0.15) is 62.1 Å². The number of alkyl halides is 3. The van der Waals surface area contributed by atoms with Gasteiger partial charge in [-0.25, -0.2) is 4.79 Å². The third-order valence-electron chi connectivity index (χ3n) is 4.01. The van der Waals surface area contributed by atoms with E-state index in [-0.39, 0.29) is 17.2 Å². The van der Waals surface area contributed by atoms with Crippen LogP contribution in [0.25, 0.3) is 0 Å². The van der Waals surface area contributed by atoms with Crippen LogP contribution in [0.2, 0.25) is 0 Å². The summed E-state index contributed by atoms with van der Waals surface area (Å²) in [6.45, 7) is 0. The molecule has 1 saturated carbocycles. The van der Waals surface area contributed by atoms with Crippen molar-refractivity contribution in [1.82, 2.24) is 5.16 Å². The van der Waals surface area contributed by atoms with E-state index in [1.807, 2.05) is 0 Å². The molecule has 27 heavy (non-hydrogen) atoms. The van der Waals surface area contributed by atoms with E-state index in [9.17, 15) is 36.6 Å². The smallest absolute Gasteiger partial charge is 0.417 e. The van der Waals surface area contributed by atoms with E-state index in [4.69, 9.17) is 4.52 Å². The predicted molar refractivity (Wildman–Crippen MR) is 82.9 cm³/mol. The molecule has 0 amide bonds. The quantitative estimate of drug-likeness (QED) is 0.582. The molecule has 1 aliphatic carbocycles. The topological polar surface area (TPSA) is 121 Å². The molecule has 1 aromatic carbocycles. The van der Waals surface area contributed by atoms with Crippen molar-refractivity contribution in [2.75, 3.05) is 0 Å². The first-order valence-electron chi connectivity index (χ1n) is 7.63. The Morgan fingerprint density at radius 3 is 2.52 bits per heavy atom. The van der Waals surface area contributed by atoms with Crippen molar-refractivity contribution >= 4 is 22.8 Å². The first kappa shape index (κ1) is 19.2.